The highest BCUT2D eigenvalue weighted by Gasteiger charge is 2.42. The Labute approximate surface area is 124 Å². The zero-order valence-electron chi connectivity index (χ0n) is 12.3. The predicted octanol–water partition coefficient (Wildman–Crippen LogP) is 1.75. The number of hydrogen-bond donors (Lipinski definition) is 2. The number of fused-ring (bicyclic) bond motifs is 1. The third kappa shape index (κ3) is 2.42. The number of rotatable bonds is 2. The summed E-state index contributed by atoms with van der Waals surface area (Å²) < 4.78 is 0. The predicted molar refractivity (Wildman–Crippen MR) is 82.3 cm³/mol. The number of piperidine rings is 1. The van der Waals surface area contributed by atoms with Gasteiger partial charge < -0.3 is 15.5 Å². The van der Waals surface area contributed by atoms with Gasteiger partial charge in [0.1, 0.15) is 6.54 Å². The van der Waals surface area contributed by atoms with E-state index in [9.17, 15) is 9.59 Å². The Balaban J connectivity index is 1.95. The fraction of sp³-hybridized carbons (Fsp3) is 0.500. The molecule has 1 fully saturated rings. The van der Waals surface area contributed by atoms with Crippen molar-refractivity contribution in [2.75, 3.05) is 29.9 Å². The maximum Gasteiger partial charge on any atom is 0.244 e. The largest absolute Gasteiger partial charge is 0.323 e. The first-order valence-electron chi connectivity index (χ1n) is 7.58. The van der Waals surface area contributed by atoms with Crippen LogP contribution in [0.25, 0.3) is 0 Å². The van der Waals surface area contributed by atoms with E-state index in [1.54, 1.807) is 4.90 Å². The van der Waals surface area contributed by atoms with Crippen LogP contribution in [-0.4, -0.2) is 31.4 Å². The number of carbonyl (C=O) groups excluding carboxylic acids is 2. The monoisotopic (exact) mass is 287 g/mol. The van der Waals surface area contributed by atoms with Crippen molar-refractivity contribution in [1.29, 1.82) is 0 Å². The second-order valence-corrected chi connectivity index (χ2v) is 5.87. The molecular formula is C16H21N3O2. The fourth-order valence-electron chi connectivity index (χ4n) is 3.30. The molecule has 0 radical (unpaired) electrons. The number of nitrogens with zero attached hydrogens (tertiary/aromatic N) is 1. The highest BCUT2D eigenvalue weighted by molar-refractivity contribution is 6.11. The summed E-state index contributed by atoms with van der Waals surface area (Å²) in [6.07, 6.45) is 2.68. The molecule has 2 heterocycles. The minimum Gasteiger partial charge on any atom is -0.323 e. The first kappa shape index (κ1) is 14.1. The minimum atomic E-state index is -0.386. The van der Waals surface area contributed by atoms with Gasteiger partial charge in [0, 0.05) is 6.54 Å². The summed E-state index contributed by atoms with van der Waals surface area (Å²) in [4.78, 5) is 26.7. The molecule has 1 aromatic carbocycles. The summed E-state index contributed by atoms with van der Waals surface area (Å²) in [5.41, 5.74) is 1.14. The highest BCUT2D eigenvalue weighted by Crippen LogP contribution is 2.37. The van der Waals surface area contributed by atoms with Gasteiger partial charge in [0.05, 0.1) is 16.8 Å². The molecule has 3 rings (SSSR count). The van der Waals surface area contributed by atoms with Gasteiger partial charge in [-0.1, -0.05) is 19.1 Å². The zero-order valence-corrected chi connectivity index (χ0v) is 12.3. The van der Waals surface area contributed by atoms with Crippen LogP contribution in [0.5, 0.6) is 0 Å². The van der Waals surface area contributed by atoms with Crippen molar-refractivity contribution in [3.63, 3.8) is 0 Å². The lowest BCUT2D eigenvalue weighted by Gasteiger charge is -2.41. The topological polar surface area (TPSA) is 61.4 Å². The Morgan fingerprint density at radius 2 is 2.19 bits per heavy atom. The lowest BCUT2D eigenvalue weighted by atomic mass is 9.77. The second-order valence-electron chi connectivity index (χ2n) is 5.87. The first-order valence-corrected chi connectivity index (χ1v) is 7.58. The molecule has 0 aromatic heterocycles. The fourth-order valence-corrected chi connectivity index (χ4v) is 3.30. The summed E-state index contributed by atoms with van der Waals surface area (Å²) in [5, 5.41) is 6.16. The number of anilines is 2. The van der Waals surface area contributed by atoms with Crippen molar-refractivity contribution in [3.8, 4) is 0 Å². The molecule has 0 aliphatic carbocycles. The molecule has 21 heavy (non-hydrogen) atoms. The molecule has 2 N–H and O–H groups in total. The Hall–Kier alpha value is -1.88. The lowest BCUT2D eigenvalue weighted by molar-refractivity contribution is -0.131. The Morgan fingerprint density at radius 1 is 1.38 bits per heavy atom. The van der Waals surface area contributed by atoms with Crippen LogP contribution in [0.1, 0.15) is 26.2 Å². The molecule has 5 nitrogen and oxygen atoms in total. The van der Waals surface area contributed by atoms with E-state index in [0.29, 0.717) is 6.54 Å². The molecule has 5 heteroatoms. The SMILES string of the molecule is CCC1(C(=O)N2CC(=O)Nc3ccccc32)CCCNC1. The smallest absolute Gasteiger partial charge is 0.244 e. The van der Waals surface area contributed by atoms with Crippen molar-refractivity contribution in [2.45, 2.75) is 26.2 Å². The molecule has 2 aliphatic heterocycles. The number of para-hydroxylation sites is 2. The van der Waals surface area contributed by atoms with Crippen LogP contribution in [0.2, 0.25) is 0 Å². The lowest BCUT2D eigenvalue weighted by Crippen LogP contribution is -2.54. The van der Waals surface area contributed by atoms with Gasteiger partial charge in [0.15, 0.2) is 0 Å². The van der Waals surface area contributed by atoms with Gasteiger partial charge in [-0.25, -0.2) is 0 Å². The summed E-state index contributed by atoms with van der Waals surface area (Å²) in [7, 11) is 0. The molecule has 1 saturated heterocycles. The molecular weight excluding hydrogens is 266 g/mol. The normalized spacial score (nSPS) is 25.2. The standard InChI is InChI=1S/C16H21N3O2/c1-2-16(8-5-9-17-11-16)15(21)19-10-14(20)18-12-6-3-4-7-13(12)19/h3-4,6-7,17H,2,5,8-11H2,1H3,(H,18,20). The Morgan fingerprint density at radius 3 is 2.90 bits per heavy atom. The molecule has 0 spiro atoms. The summed E-state index contributed by atoms with van der Waals surface area (Å²) >= 11 is 0. The van der Waals surface area contributed by atoms with Gasteiger partial charge in [-0.2, -0.15) is 0 Å². The van der Waals surface area contributed by atoms with Crippen molar-refractivity contribution in [3.05, 3.63) is 24.3 Å². The van der Waals surface area contributed by atoms with Crippen LogP contribution in [0.3, 0.4) is 0 Å². The van der Waals surface area contributed by atoms with Gasteiger partial charge in [0.25, 0.3) is 0 Å². The Bertz CT molecular complexity index is 564. The second kappa shape index (κ2) is 5.48. The van der Waals surface area contributed by atoms with Crippen molar-refractivity contribution in [2.24, 2.45) is 5.41 Å². The molecule has 2 amide bonds. The van der Waals surface area contributed by atoms with Crippen molar-refractivity contribution < 1.29 is 9.59 Å². The molecule has 1 aromatic rings. The third-order valence-corrected chi connectivity index (χ3v) is 4.62. The zero-order chi connectivity index (χ0) is 14.9. The Kier molecular flexibility index (Phi) is 3.68. The summed E-state index contributed by atoms with van der Waals surface area (Å²) in [6, 6.07) is 7.50. The molecule has 1 unspecified atom stereocenters. The average Bonchev–Trinajstić information content (AvgIpc) is 2.54. The van der Waals surface area contributed by atoms with E-state index < -0.39 is 0 Å². The van der Waals surface area contributed by atoms with Crippen LogP contribution in [0.15, 0.2) is 24.3 Å². The van der Waals surface area contributed by atoms with Gasteiger partial charge in [-0.3, -0.25) is 9.59 Å². The van der Waals surface area contributed by atoms with Crippen LogP contribution in [0.4, 0.5) is 11.4 Å². The van der Waals surface area contributed by atoms with Crippen LogP contribution < -0.4 is 15.5 Å². The van der Waals surface area contributed by atoms with E-state index in [0.717, 1.165) is 37.2 Å². The van der Waals surface area contributed by atoms with E-state index >= 15 is 0 Å². The molecule has 0 bridgehead atoms. The first-order chi connectivity index (χ1) is 10.2. The molecule has 0 saturated carbocycles. The van der Waals surface area contributed by atoms with Crippen molar-refractivity contribution >= 4 is 23.2 Å². The van der Waals surface area contributed by atoms with Crippen LogP contribution >= 0.6 is 0 Å². The van der Waals surface area contributed by atoms with E-state index in [1.807, 2.05) is 24.3 Å². The number of benzene rings is 1. The minimum absolute atomic E-state index is 0.0690. The molecule has 1 atom stereocenters. The van der Waals surface area contributed by atoms with Crippen LogP contribution in [-0.2, 0) is 9.59 Å². The maximum atomic E-state index is 13.1. The van der Waals surface area contributed by atoms with Crippen LogP contribution in [0, 0.1) is 5.41 Å². The average molecular weight is 287 g/mol. The summed E-state index contributed by atoms with van der Waals surface area (Å²) in [6.45, 7) is 3.83. The van der Waals surface area contributed by atoms with E-state index in [-0.39, 0.29) is 23.8 Å². The van der Waals surface area contributed by atoms with Gasteiger partial charge >= 0.3 is 0 Å². The summed E-state index contributed by atoms with van der Waals surface area (Å²) in [5.74, 6) is -0.0587. The molecule has 2 aliphatic rings. The molecule has 112 valence electrons. The van der Waals surface area contributed by atoms with E-state index in [1.165, 1.54) is 0 Å². The van der Waals surface area contributed by atoms with E-state index in [2.05, 4.69) is 17.6 Å². The van der Waals surface area contributed by atoms with Crippen molar-refractivity contribution in [1.82, 2.24) is 5.32 Å². The number of amides is 2. The quantitative estimate of drug-likeness (QED) is 0.871. The third-order valence-electron chi connectivity index (χ3n) is 4.62. The number of hydrogen-bond acceptors (Lipinski definition) is 3. The maximum absolute atomic E-state index is 13.1. The number of carbonyl (C=O) groups is 2. The highest BCUT2D eigenvalue weighted by atomic mass is 16.2. The number of nitrogens with one attached hydrogen (secondary N) is 2. The van der Waals surface area contributed by atoms with E-state index in [4.69, 9.17) is 0 Å². The van der Waals surface area contributed by atoms with Gasteiger partial charge in [0.2, 0.25) is 11.8 Å². The van der Waals surface area contributed by atoms with Gasteiger partial charge in [-0.15, -0.1) is 0 Å². The van der Waals surface area contributed by atoms with Gasteiger partial charge in [-0.05, 0) is 37.9 Å².